The minimum atomic E-state index is -3.71. The lowest BCUT2D eigenvalue weighted by Gasteiger charge is -2.35. The van der Waals surface area contributed by atoms with Crippen molar-refractivity contribution >= 4 is 21.8 Å². The first-order valence-electron chi connectivity index (χ1n) is 10.3. The van der Waals surface area contributed by atoms with Gasteiger partial charge in [0.1, 0.15) is 6.10 Å². The van der Waals surface area contributed by atoms with Gasteiger partial charge in [-0.3, -0.25) is 9.59 Å². The van der Waals surface area contributed by atoms with E-state index in [1.165, 1.54) is 16.4 Å². The van der Waals surface area contributed by atoms with Crippen molar-refractivity contribution < 1.29 is 27.2 Å². The molecule has 3 fully saturated rings. The van der Waals surface area contributed by atoms with Gasteiger partial charge in [0.15, 0.2) is 5.76 Å². The zero-order valence-electron chi connectivity index (χ0n) is 16.4. The normalized spacial score (nSPS) is 24.1. The van der Waals surface area contributed by atoms with Crippen LogP contribution < -0.4 is 0 Å². The monoisotopic (exact) mass is 425 g/mol. The summed E-state index contributed by atoms with van der Waals surface area (Å²) in [5.74, 6) is -0.351. The van der Waals surface area contributed by atoms with Crippen molar-refractivity contribution in [2.24, 2.45) is 0 Å². The Hall–Kier alpha value is -1.91. The number of hydrogen-bond acceptors (Lipinski definition) is 6. The van der Waals surface area contributed by atoms with Crippen LogP contribution in [0.5, 0.6) is 0 Å². The van der Waals surface area contributed by atoms with Crippen molar-refractivity contribution in [1.82, 2.24) is 14.1 Å². The van der Waals surface area contributed by atoms with Gasteiger partial charge in [0.2, 0.25) is 5.09 Å². The van der Waals surface area contributed by atoms with E-state index in [1.54, 1.807) is 9.80 Å². The van der Waals surface area contributed by atoms with Gasteiger partial charge in [0.05, 0.1) is 0 Å². The molecule has 9 nitrogen and oxygen atoms in total. The van der Waals surface area contributed by atoms with E-state index in [1.807, 2.05) is 0 Å². The number of piperidine rings is 1. The zero-order valence-corrected chi connectivity index (χ0v) is 17.2. The number of nitrogens with zero attached hydrogens (tertiary/aromatic N) is 3. The highest BCUT2D eigenvalue weighted by molar-refractivity contribution is 7.89. The summed E-state index contributed by atoms with van der Waals surface area (Å²) >= 11 is 0. The van der Waals surface area contributed by atoms with Gasteiger partial charge in [-0.05, 0) is 37.8 Å². The molecule has 2 amide bonds. The first-order valence-corrected chi connectivity index (χ1v) is 11.7. The number of carbonyl (C=O) groups excluding carboxylic acids is 2. The largest absolute Gasteiger partial charge is 0.438 e. The average Bonchev–Trinajstić information content (AvgIpc) is 3.46. The highest BCUT2D eigenvalue weighted by Gasteiger charge is 2.33. The van der Waals surface area contributed by atoms with Gasteiger partial charge in [-0.2, -0.15) is 4.31 Å². The molecule has 1 unspecified atom stereocenters. The van der Waals surface area contributed by atoms with E-state index in [4.69, 9.17) is 9.15 Å². The molecule has 1 aromatic heterocycles. The number of hydrogen-bond donors (Lipinski definition) is 0. The van der Waals surface area contributed by atoms with E-state index in [2.05, 4.69) is 0 Å². The second-order valence-electron chi connectivity index (χ2n) is 7.70. The lowest BCUT2D eigenvalue weighted by molar-refractivity contribution is -0.142. The summed E-state index contributed by atoms with van der Waals surface area (Å²) in [6.45, 7) is 3.21. The molecule has 29 heavy (non-hydrogen) atoms. The van der Waals surface area contributed by atoms with E-state index >= 15 is 0 Å². The summed E-state index contributed by atoms with van der Waals surface area (Å²) in [5.41, 5.74) is 0. The highest BCUT2D eigenvalue weighted by atomic mass is 32.2. The maximum Gasteiger partial charge on any atom is 0.289 e. The molecule has 0 aromatic carbocycles. The van der Waals surface area contributed by atoms with Gasteiger partial charge in [-0.15, -0.1) is 0 Å². The topological polar surface area (TPSA) is 100 Å². The second-order valence-corrected chi connectivity index (χ2v) is 9.57. The molecule has 3 saturated heterocycles. The number of rotatable bonds is 4. The zero-order chi connectivity index (χ0) is 20.4. The van der Waals surface area contributed by atoms with E-state index in [0.717, 1.165) is 32.1 Å². The van der Waals surface area contributed by atoms with Crippen LogP contribution in [0.3, 0.4) is 0 Å². The Morgan fingerprint density at radius 2 is 1.59 bits per heavy atom. The summed E-state index contributed by atoms with van der Waals surface area (Å²) in [4.78, 5) is 28.5. The van der Waals surface area contributed by atoms with Crippen LogP contribution in [-0.4, -0.2) is 86.3 Å². The van der Waals surface area contributed by atoms with Crippen LogP contribution in [0.25, 0.3) is 0 Å². The van der Waals surface area contributed by atoms with Crippen LogP contribution in [0, 0.1) is 0 Å². The van der Waals surface area contributed by atoms with Crippen molar-refractivity contribution in [3.8, 4) is 0 Å². The Bertz CT molecular complexity index is 847. The second kappa shape index (κ2) is 8.45. The molecule has 0 bridgehead atoms. The number of furan rings is 1. The smallest absolute Gasteiger partial charge is 0.289 e. The molecule has 0 radical (unpaired) electrons. The molecule has 3 aliphatic rings. The predicted molar refractivity (Wildman–Crippen MR) is 103 cm³/mol. The van der Waals surface area contributed by atoms with Crippen LogP contribution in [0.1, 0.15) is 42.7 Å². The predicted octanol–water partition coefficient (Wildman–Crippen LogP) is 0.918. The fourth-order valence-corrected chi connectivity index (χ4v) is 5.50. The molecule has 0 N–H and O–H groups in total. The number of amides is 2. The van der Waals surface area contributed by atoms with Crippen molar-refractivity contribution in [1.29, 1.82) is 0 Å². The number of carbonyl (C=O) groups is 2. The maximum absolute atomic E-state index is 12.7. The Morgan fingerprint density at radius 1 is 0.897 bits per heavy atom. The Kier molecular flexibility index (Phi) is 5.93. The van der Waals surface area contributed by atoms with Gasteiger partial charge in [0.25, 0.3) is 21.8 Å². The molecule has 1 aromatic rings. The molecule has 4 heterocycles. The fraction of sp³-hybridized carbons (Fsp3) is 0.684. The van der Waals surface area contributed by atoms with Crippen molar-refractivity contribution in [3.05, 3.63) is 17.9 Å². The highest BCUT2D eigenvalue weighted by Crippen LogP contribution is 2.23. The first-order chi connectivity index (χ1) is 14.0. The summed E-state index contributed by atoms with van der Waals surface area (Å²) in [5, 5.41) is -0.185. The van der Waals surface area contributed by atoms with Crippen LogP contribution in [-0.2, 0) is 19.6 Å². The van der Waals surface area contributed by atoms with Crippen LogP contribution in [0.15, 0.2) is 21.6 Å². The molecule has 10 heteroatoms. The third-order valence-corrected chi connectivity index (χ3v) is 7.56. The molecule has 0 saturated carbocycles. The third-order valence-electron chi connectivity index (χ3n) is 5.78. The Morgan fingerprint density at radius 3 is 2.24 bits per heavy atom. The van der Waals surface area contributed by atoms with Crippen LogP contribution in [0.2, 0.25) is 0 Å². The van der Waals surface area contributed by atoms with E-state index in [0.29, 0.717) is 45.9 Å². The van der Waals surface area contributed by atoms with Gasteiger partial charge in [0, 0.05) is 45.9 Å². The van der Waals surface area contributed by atoms with Gasteiger partial charge < -0.3 is 19.0 Å². The number of sulfonamides is 1. The molecular formula is C19H27N3O6S. The lowest BCUT2D eigenvalue weighted by atomic mass is 10.2. The first kappa shape index (κ1) is 20.4. The minimum absolute atomic E-state index is 0.0116. The number of ether oxygens (including phenoxy) is 1. The molecular weight excluding hydrogens is 398 g/mol. The summed E-state index contributed by atoms with van der Waals surface area (Å²) < 4.78 is 37.7. The molecule has 3 aliphatic heterocycles. The maximum atomic E-state index is 12.7. The van der Waals surface area contributed by atoms with Gasteiger partial charge in [-0.25, -0.2) is 8.42 Å². The van der Waals surface area contributed by atoms with Crippen molar-refractivity contribution in [2.45, 2.75) is 43.3 Å². The quantitative estimate of drug-likeness (QED) is 0.711. The minimum Gasteiger partial charge on any atom is -0.438 e. The Labute approximate surface area is 170 Å². The van der Waals surface area contributed by atoms with Crippen LogP contribution in [0.4, 0.5) is 0 Å². The van der Waals surface area contributed by atoms with Crippen molar-refractivity contribution in [2.75, 3.05) is 45.9 Å². The van der Waals surface area contributed by atoms with Crippen molar-refractivity contribution in [3.63, 3.8) is 0 Å². The van der Waals surface area contributed by atoms with Crippen LogP contribution >= 0.6 is 0 Å². The van der Waals surface area contributed by atoms with Gasteiger partial charge >= 0.3 is 0 Å². The van der Waals surface area contributed by atoms with E-state index in [-0.39, 0.29) is 28.8 Å². The fourth-order valence-electron chi connectivity index (χ4n) is 4.07. The molecule has 160 valence electrons. The molecule has 0 aliphatic carbocycles. The summed E-state index contributed by atoms with van der Waals surface area (Å²) in [6.07, 6.45) is 3.98. The van der Waals surface area contributed by atoms with E-state index in [9.17, 15) is 18.0 Å². The van der Waals surface area contributed by atoms with Gasteiger partial charge in [-0.1, -0.05) is 6.42 Å². The third kappa shape index (κ3) is 4.19. The average molecular weight is 426 g/mol. The SMILES string of the molecule is O=C(c1ccc(S(=O)(=O)N2CCCCC2)o1)N1CCN(C(=O)C2CCCO2)CC1. The molecule has 0 spiro atoms. The van der Waals surface area contributed by atoms with E-state index < -0.39 is 10.0 Å². The molecule has 1 atom stereocenters. The lowest BCUT2D eigenvalue weighted by Crippen LogP contribution is -2.52. The standard InChI is InChI=1S/C19H27N3O6S/c23-18(15-5-4-14-27-15)20-10-12-21(13-11-20)19(24)16-6-7-17(28-16)29(25,26)22-8-2-1-3-9-22/h6-7,15H,1-5,8-14H2. The molecule has 4 rings (SSSR count). The summed E-state index contributed by atoms with van der Waals surface area (Å²) in [6, 6.07) is 2.78. The summed E-state index contributed by atoms with van der Waals surface area (Å²) in [7, 11) is -3.71. The Balaban J connectivity index is 1.36. The number of piperazine rings is 1.